The van der Waals surface area contributed by atoms with E-state index in [1.165, 1.54) is 42.5 Å². The number of aromatic nitrogens is 5. The molecule has 4 aromatic rings. The summed E-state index contributed by atoms with van der Waals surface area (Å²) in [7, 11) is 1.46. The number of methoxy groups -OCH3 is 1. The lowest BCUT2D eigenvalue weighted by Gasteiger charge is -2.22. The predicted octanol–water partition coefficient (Wildman–Crippen LogP) is 5.77. The van der Waals surface area contributed by atoms with E-state index in [0.717, 1.165) is 12.8 Å². The van der Waals surface area contributed by atoms with E-state index in [1.54, 1.807) is 24.4 Å². The van der Waals surface area contributed by atoms with Crippen molar-refractivity contribution in [1.82, 2.24) is 24.7 Å². The first kappa shape index (κ1) is 30.8. The van der Waals surface area contributed by atoms with Gasteiger partial charge >= 0.3 is 0 Å². The molecule has 0 bridgehead atoms. The minimum Gasteiger partial charge on any atom is -0.495 e. The number of amides is 1. The Morgan fingerprint density at radius 1 is 1.16 bits per heavy atom. The number of hydrogen-bond acceptors (Lipinski definition) is 8. The molecule has 1 saturated carbocycles. The molecule has 44 heavy (non-hydrogen) atoms. The molecule has 6 rings (SSSR count). The Kier molecular flexibility index (Phi) is 9.34. The zero-order valence-electron chi connectivity index (χ0n) is 23.6. The topological polar surface area (TPSA) is 121 Å². The molecule has 9 nitrogen and oxygen atoms in total. The fourth-order valence-electron chi connectivity index (χ4n) is 4.45. The van der Waals surface area contributed by atoms with Crippen molar-refractivity contribution < 1.29 is 27.1 Å². The molecular formula is C30H27F4N7O2S. The number of hydrogen-bond donors (Lipinski definition) is 1. The minimum atomic E-state index is -2.66. The van der Waals surface area contributed by atoms with Crippen LogP contribution in [-0.4, -0.2) is 63.4 Å². The van der Waals surface area contributed by atoms with Gasteiger partial charge < -0.3 is 10.5 Å². The highest BCUT2D eigenvalue weighted by molar-refractivity contribution is 7.21. The van der Waals surface area contributed by atoms with Crippen molar-refractivity contribution in [3.63, 3.8) is 0 Å². The number of alkyl halides is 4. The lowest BCUT2D eigenvalue weighted by molar-refractivity contribution is -0.106. The fraction of sp³-hybridized carbons (Fsp3) is 0.333. The number of rotatable bonds is 7. The number of aliphatic imine (C=N–C) groups is 1. The molecule has 0 radical (unpaired) electrons. The summed E-state index contributed by atoms with van der Waals surface area (Å²) in [5.41, 5.74) is 8.06. The van der Waals surface area contributed by atoms with Gasteiger partial charge in [0.2, 0.25) is 6.41 Å². The van der Waals surface area contributed by atoms with E-state index in [-0.39, 0.29) is 12.8 Å². The van der Waals surface area contributed by atoms with Crippen LogP contribution in [0.4, 0.5) is 17.6 Å². The van der Waals surface area contributed by atoms with E-state index in [1.807, 2.05) is 6.07 Å². The van der Waals surface area contributed by atoms with Crippen molar-refractivity contribution in [2.75, 3.05) is 7.11 Å². The van der Waals surface area contributed by atoms with Gasteiger partial charge in [-0.1, -0.05) is 29.4 Å². The summed E-state index contributed by atoms with van der Waals surface area (Å²) < 4.78 is 60.8. The van der Waals surface area contributed by atoms with Gasteiger partial charge in [0, 0.05) is 35.2 Å². The van der Waals surface area contributed by atoms with Crippen LogP contribution in [0, 0.1) is 17.8 Å². The second-order valence-corrected chi connectivity index (χ2v) is 11.0. The number of primary amides is 1. The first-order valence-corrected chi connectivity index (χ1v) is 14.4. The third kappa shape index (κ3) is 6.78. The average Bonchev–Trinajstić information content (AvgIpc) is 3.55. The monoisotopic (exact) mass is 625 g/mol. The van der Waals surface area contributed by atoms with Crippen LogP contribution in [0.25, 0.3) is 37.9 Å². The highest BCUT2D eigenvalue weighted by Gasteiger charge is 2.29. The number of nitrogens with two attached hydrogens (primary N) is 1. The SMILES string of the molecule is COC1=C(c2cc(-c3ccn(C(C)C(F)F)n3)ccc2-c2nc3ncc(C#CC4CC4)nc3s2)CC(C(F)F)N=C1.NC=O. The van der Waals surface area contributed by atoms with E-state index >= 15 is 0 Å². The standard InChI is InChI=1S/C29H24F4N6OS.CH3NO/c1-15(25(30)31)39-10-9-22(38-39)17-6-8-19(20(11-17)21-12-23(26(32)33)34-14-24(21)40-2)28-37-27-29(41-28)36-18(13-35-27)7-5-16-3-4-16;2-1-3/h6,8-11,13-16,23,25-26H,3-4,12H2,1-2H3;1H,(H2,2,3). The third-order valence-corrected chi connectivity index (χ3v) is 7.94. The van der Waals surface area contributed by atoms with Gasteiger partial charge in [0.1, 0.15) is 28.5 Å². The summed E-state index contributed by atoms with van der Waals surface area (Å²) in [4.78, 5) is 26.9. The lowest BCUT2D eigenvalue weighted by atomic mass is 9.90. The van der Waals surface area contributed by atoms with Gasteiger partial charge in [0.25, 0.3) is 12.9 Å². The maximum Gasteiger partial charge on any atom is 0.260 e. The van der Waals surface area contributed by atoms with Crippen molar-refractivity contribution in [2.24, 2.45) is 16.6 Å². The Morgan fingerprint density at radius 2 is 1.93 bits per heavy atom. The molecule has 1 aliphatic carbocycles. The van der Waals surface area contributed by atoms with Crippen molar-refractivity contribution >= 4 is 40.0 Å². The maximum absolute atomic E-state index is 13.8. The molecule has 14 heteroatoms. The summed E-state index contributed by atoms with van der Waals surface area (Å²) in [6, 6.07) is 4.71. The predicted molar refractivity (Wildman–Crippen MR) is 159 cm³/mol. The minimum absolute atomic E-state index is 0.0625. The van der Waals surface area contributed by atoms with Crippen LogP contribution in [-0.2, 0) is 9.53 Å². The summed E-state index contributed by atoms with van der Waals surface area (Å²) >= 11 is 1.32. The highest BCUT2D eigenvalue weighted by atomic mass is 32.1. The smallest absolute Gasteiger partial charge is 0.260 e. The van der Waals surface area contributed by atoms with E-state index in [4.69, 9.17) is 9.53 Å². The fourth-order valence-corrected chi connectivity index (χ4v) is 5.39. The molecule has 2 aliphatic rings. The number of carbonyl (C=O) groups is 1. The Balaban J connectivity index is 0.00000123. The van der Waals surface area contributed by atoms with Gasteiger partial charge in [-0.3, -0.25) is 14.5 Å². The Bertz CT molecular complexity index is 1790. The molecule has 1 aliphatic heterocycles. The van der Waals surface area contributed by atoms with Crippen LogP contribution in [0.3, 0.4) is 0 Å². The average molecular weight is 626 g/mol. The molecular weight excluding hydrogens is 598 g/mol. The molecule has 1 amide bonds. The van der Waals surface area contributed by atoms with E-state index in [2.05, 4.69) is 42.6 Å². The third-order valence-electron chi connectivity index (χ3n) is 6.97. The lowest BCUT2D eigenvalue weighted by Crippen LogP contribution is -2.21. The number of halogens is 4. The van der Waals surface area contributed by atoms with Crippen molar-refractivity contribution in [3.05, 3.63) is 53.7 Å². The Labute approximate surface area is 253 Å². The van der Waals surface area contributed by atoms with Crippen molar-refractivity contribution in [1.29, 1.82) is 0 Å². The van der Waals surface area contributed by atoms with Gasteiger partial charge in [-0.2, -0.15) is 5.10 Å². The second kappa shape index (κ2) is 13.3. The van der Waals surface area contributed by atoms with Crippen LogP contribution < -0.4 is 5.73 Å². The zero-order chi connectivity index (χ0) is 31.4. The van der Waals surface area contributed by atoms with E-state index in [9.17, 15) is 17.6 Å². The van der Waals surface area contributed by atoms with E-state index in [0.29, 0.717) is 60.8 Å². The second-order valence-electron chi connectivity index (χ2n) is 10.0. The molecule has 4 heterocycles. The number of ether oxygens (including phenoxy) is 1. The zero-order valence-corrected chi connectivity index (χ0v) is 24.4. The molecule has 1 aromatic carbocycles. The first-order chi connectivity index (χ1) is 21.2. The van der Waals surface area contributed by atoms with Crippen molar-refractivity contribution in [2.45, 2.75) is 51.1 Å². The Hall–Kier alpha value is -4.64. The molecule has 228 valence electrons. The number of nitrogens with zero attached hydrogens (tertiary/aromatic N) is 6. The molecule has 2 atom stereocenters. The molecule has 0 spiro atoms. The largest absolute Gasteiger partial charge is 0.495 e. The van der Waals surface area contributed by atoms with Crippen LogP contribution in [0.15, 0.2) is 47.4 Å². The summed E-state index contributed by atoms with van der Waals surface area (Å²) in [5, 5.41) is 4.94. The van der Waals surface area contributed by atoms with Gasteiger partial charge in [-0.05, 0) is 43.4 Å². The molecule has 0 saturated heterocycles. The Morgan fingerprint density at radius 3 is 2.61 bits per heavy atom. The number of allylic oxidation sites excluding steroid dienone is 1. The molecule has 2 unspecified atom stereocenters. The quantitative estimate of drug-likeness (QED) is 0.158. The first-order valence-electron chi connectivity index (χ1n) is 13.6. The van der Waals surface area contributed by atoms with Gasteiger partial charge in [-0.15, -0.1) is 0 Å². The van der Waals surface area contributed by atoms with Crippen molar-refractivity contribution in [3.8, 4) is 33.7 Å². The summed E-state index contributed by atoms with van der Waals surface area (Å²) in [5.74, 6) is 7.03. The number of carbonyl (C=O) groups excluding carboxylic acids is 1. The number of fused-ring (bicyclic) bond motifs is 1. The van der Waals surface area contributed by atoms with E-state index < -0.39 is 24.9 Å². The summed E-state index contributed by atoms with van der Waals surface area (Å²) in [6.45, 7) is 1.38. The normalized spacial score (nSPS) is 16.9. The van der Waals surface area contributed by atoms with Crippen LogP contribution >= 0.6 is 11.3 Å². The maximum atomic E-state index is 13.8. The number of benzene rings is 1. The highest BCUT2D eigenvalue weighted by Crippen LogP contribution is 2.40. The van der Waals surface area contributed by atoms with Gasteiger partial charge in [0.15, 0.2) is 10.5 Å². The molecule has 3 aromatic heterocycles. The van der Waals surface area contributed by atoms with Gasteiger partial charge in [-0.25, -0.2) is 32.5 Å². The summed E-state index contributed by atoms with van der Waals surface area (Å²) in [6.07, 6.45) is 1.56. The number of thiazole rings is 1. The molecule has 1 fully saturated rings. The van der Waals surface area contributed by atoms with Crippen LogP contribution in [0.5, 0.6) is 0 Å². The van der Waals surface area contributed by atoms with Crippen LogP contribution in [0.2, 0.25) is 0 Å². The molecule has 2 N–H and O–H groups in total. The van der Waals surface area contributed by atoms with Crippen LogP contribution in [0.1, 0.15) is 43.5 Å². The number of dihydropyridines is 1. The van der Waals surface area contributed by atoms with Gasteiger partial charge in [0.05, 0.1) is 25.2 Å².